The van der Waals surface area contributed by atoms with Crippen LogP contribution in [0.5, 0.6) is 0 Å². The van der Waals surface area contributed by atoms with Gasteiger partial charge in [0, 0.05) is 24.4 Å². The van der Waals surface area contributed by atoms with Crippen LogP contribution in [0.1, 0.15) is 41.1 Å². The van der Waals surface area contributed by atoms with Crippen LogP contribution < -0.4 is 5.32 Å². The fourth-order valence-electron chi connectivity index (χ4n) is 4.53. The molecule has 1 aromatic heterocycles. The molecule has 0 atom stereocenters. The molecule has 1 aliphatic rings. The maximum atomic E-state index is 14.7. The van der Waals surface area contributed by atoms with Crippen molar-refractivity contribution in [2.75, 3.05) is 11.9 Å². The van der Waals surface area contributed by atoms with Crippen LogP contribution in [-0.2, 0) is 12.8 Å². The van der Waals surface area contributed by atoms with Gasteiger partial charge in [0.1, 0.15) is 17.3 Å². The predicted molar refractivity (Wildman–Crippen MR) is 123 cm³/mol. The summed E-state index contributed by atoms with van der Waals surface area (Å²) < 4.78 is 16.4. The normalized spacial score (nSPS) is 13.5. The summed E-state index contributed by atoms with van der Waals surface area (Å²) in [4.78, 5) is 0. The molecular weight excluding hydrogens is 385 g/mol. The lowest BCUT2D eigenvalue weighted by atomic mass is 9.86. The number of hydrogen-bond acceptors (Lipinski definition) is 2. The lowest BCUT2D eigenvalue weighted by Gasteiger charge is -2.18. The van der Waals surface area contributed by atoms with Crippen LogP contribution in [0.2, 0.25) is 0 Å². The summed E-state index contributed by atoms with van der Waals surface area (Å²) >= 11 is 0. The van der Waals surface area contributed by atoms with Crippen LogP contribution in [0.3, 0.4) is 0 Å². The Morgan fingerprint density at radius 3 is 2.16 bits per heavy atom. The Labute approximate surface area is 182 Å². The van der Waals surface area contributed by atoms with Crippen molar-refractivity contribution in [1.29, 1.82) is 0 Å². The molecule has 31 heavy (non-hydrogen) atoms. The highest BCUT2D eigenvalue weighted by atomic mass is 19.1. The average Bonchev–Trinajstić information content (AvgIpc) is 2.98. The van der Waals surface area contributed by atoms with Crippen molar-refractivity contribution in [3.8, 4) is 5.69 Å². The van der Waals surface area contributed by atoms with E-state index in [1.165, 1.54) is 22.8 Å². The molecule has 5 rings (SSSR count). The van der Waals surface area contributed by atoms with Gasteiger partial charge in [-0.15, -0.1) is 0 Å². The van der Waals surface area contributed by atoms with E-state index in [0.717, 1.165) is 43.7 Å². The zero-order valence-electron chi connectivity index (χ0n) is 17.5. The van der Waals surface area contributed by atoms with Gasteiger partial charge in [0.15, 0.2) is 0 Å². The number of nitrogens with one attached hydrogen (secondary N) is 1. The van der Waals surface area contributed by atoms with Gasteiger partial charge in [0.05, 0.1) is 5.69 Å². The fraction of sp³-hybridized carbons (Fsp3) is 0.222. The van der Waals surface area contributed by atoms with Gasteiger partial charge in [-0.05, 0) is 42.5 Å². The number of hydrogen-bond donors (Lipinski definition) is 1. The molecule has 156 valence electrons. The lowest BCUT2D eigenvalue weighted by Crippen LogP contribution is -2.09. The molecule has 3 nitrogen and oxygen atoms in total. The van der Waals surface area contributed by atoms with Gasteiger partial charge in [-0.25, -0.2) is 9.07 Å². The first kappa shape index (κ1) is 19.6. The highest BCUT2D eigenvalue weighted by Crippen LogP contribution is 2.34. The number of para-hydroxylation sites is 1. The third kappa shape index (κ3) is 3.98. The van der Waals surface area contributed by atoms with E-state index in [2.05, 4.69) is 66.0 Å². The van der Waals surface area contributed by atoms with Crippen molar-refractivity contribution in [3.05, 3.63) is 113 Å². The van der Waals surface area contributed by atoms with Gasteiger partial charge in [-0.1, -0.05) is 72.8 Å². The zero-order valence-corrected chi connectivity index (χ0v) is 17.5. The molecule has 0 saturated heterocycles. The van der Waals surface area contributed by atoms with E-state index in [9.17, 15) is 4.39 Å². The maximum Gasteiger partial charge on any atom is 0.148 e. The Kier molecular flexibility index (Phi) is 5.53. The predicted octanol–water partition coefficient (Wildman–Crippen LogP) is 6.13. The highest BCUT2D eigenvalue weighted by Gasteiger charge is 2.25. The fourth-order valence-corrected chi connectivity index (χ4v) is 4.53. The summed E-state index contributed by atoms with van der Waals surface area (Å²) in [6, 6.07) is 28.1. The second-order valence-corrected chi connectivity index (χ2v) is 8.10. The third-order valence-corrected chi connectivity index (χ3v) is 6.09. The molecule has 0 unspecified atom stereocenters. The molecule has 2 heterocycles. The molecule has 1 N–H and O–H groups in total. The number of nitrogens with zero attached hydrogens (tertiary/aromatic N) is 2. The van der Waals surface area contributed by atoms with Gasteiger partial charge in [0.25, 0.3) is 0 Å². The minimum Gasteiger partial charge on any atom is -0.370 e. The average molecular weight is 412 g/mol. The molecule has 0 radical (unpaired) electrons. The molecule has 0 spiro atoms. The largest absolute Gasteiger partial charge is 0.370 e. The number of benzene rings is 3. The summed E-state index contributed by atoms with van der Waals surface area (Å²) in [7, 11) is 0. The molecule has 1 aliphatic heterocycles. The van der Waals surface area contributed by atoms with E-state index in [4.69, 9.17) is 5.10 Å². The number of aromatic nitrogens is 2. The van der Waals surface area contributed by atoms with Crippen molar-refractivity contribution in [1.82, 2.24) is 9.78 Å². The molecule has 4 heteroatoms. The van der Waals surface area contributed by atoms with Crippen molar-refractivity contribution in [2.24, 2.45) is 0 Å². The first-order valence-corrected chi connectivity index (χ1v) is 11.0. The highest BCUT2D eigenvalue weighted by molar-refractivity contribution is 5.55. The summed E-state index contributed by atoms with van der Waals surface area (Å²) in [5.74, 6) is 0.879. The van der Waals surface area contributed by atoms with Gasteiger partial charge in [-0.3, -0.25) is 0 Å². The van der Waals surface area contributed by atoms with Crippen molar-refractivity contribution in [2.45, 2.75) is 31.6 Å². The van der Waals surface area contributed by atoms with Crippen LogP contribution in [0.4, 0.5) is 10.2 Å². The van der Waals surface area contributed by atoms with Gasteiger partial charge >= 0.3 is 0 Å². The number of fused-ring (bicyclic) bond motifs is 1. The summed E-state index contributed by atoms with van der Waals surface area (Å²) in [6.07, 6.45) is 3.95. The number of anilines is 1. The summed E-state index contributed by atoms with van der Waals surface area (Å²) in [5, 5.41) is 8.50. The van der Waals surface area contributed by atoms with E-state index < -0.39 is 0 Å². The molecule has 0 bridgehead atoms. The van der Waals surface area contributed by atoms with Crippen LogP contribution >= 0.6 is 0 Å². The second kappa shape index (κ2) is 8.76. The summed E-state index contributed by atoms with van der Waals surface area (Å²) in [5.41, 5.74) is 5.30. The first-order chi connectivity index (χ1) is 15.3. The molecule has 0 fully saturated rings. The summed E-state index contributed by atoms with van der Waals surface area (Å²) in [6.45, 7) is 0.882. The molecule has 4 aromatic rings. The van der Waals surface area contributed by atoms with Gasteiger partial charge in [0.2, 0.25) is 0 Å². The van der Waals surface area contributed by atoms with E-state index in [0.29, 0.717) is 5.69 Å². The van der Waals surface area contributed by atoms with Crippen LogP contribution in [0, 0.1) is 5.82 Å². The quantitative estimate of drug-likeness (QED) is 0.428. The van der Waals surface area contributed by atoms with Crippen molar-refractivity contribution in [3.63, 3.8) is 0 Å². The Bertz CT molecular complexity index is 1110. The monoisotopic (exact) mass is 411 g/mol. The Balaban J connectivity index is 1.61. The third-order valence-electron chi connectivity index (χ3n) is 6.09. The van der Waals surface area contributed by atoms with Crippen molar-refractivity contribution >= 4 is 5.82 Å². The second-order valence-electron chi connectivity index (χ2n) is 8.10. The maximum absolute atomic E-state index is 14.7. The molecule has 3 aromatic carbocycles. The zero-order chi connectivity index (χ0) is 21.0. The van der Waals surface area contributed by atoms with Crippen LogP contribution in [0.15, 0.2) is 84.9 Å². The van der Waals surface area contributed by atoms with Crippen LogP contribution in [0.25, 0.3) is 5.69 Å². The van der Waals surface area contributed by atoms with Crippen LogP contribution in [-0.4, -0.2) is 16.3 Å². The minimum atomic E-state index is -0.256. The first-order valence-electron chi connectivity index (χ1n) is 11.0. The molecular formula is C27H26FN3. The smallest absolute Gasteiger partial charge is 0.148 e. The van der Waals surface area contributed by atoms with E-state index in [1.54, 1.807) is 16.8 Å². The van der Waals surface area contributed by atoms with Gasteiger partial charge in [-0.2, -0.15) is 5.10 Å². The standard InChI is InChI=1S/C27H26FN3/c28-24-16-7-8-17-26(24)31-27-22(15-9-10-18-29-27)25(30-31)19-23(20-11-3-1-4-12-20)21-13-5-2-6-14-21/h1-8,11-14,16-17,23,29H,9-10,15,18-19H2. The minimum absolute atomic E-state index is 0.193. The Morgan fingerprint density at radius 1 is 0.839 bits per heavy atom. The Hall–Kier alpha value is -3.40. The lowest BCUT2D eigenvalue weighted by molar-refractivity contribution is 0.609. The number of rotatable bonds is 5. The van der Waals surface area contributed by atoms with E-state index >= 15 is 0 Å². The Morgan fingerprint density at radius 2 is 1.48 bits per heavy atom. The van der Waals surface area contributed by atoms with E-state index in [-0.39, 0.29) is 11.7 Å². The van der Waals surface area contributed by atoms with Crippen molar-refractivity contribution < 1.29 is 4.39 Å². The topological polar surface area (TPSA) is 29.9 Å². The SMILES string of the molecule is Fc1ccccc1-n1nc(CC(c2ccccc2)c2ccccc2)c2c1NCCCC2. The number of halogens is 1. The molecule has 0 saturated carbocycles. The molecule has 0 amide bonds. The van der Waals surface area contributed by atoms with Gasteiger partial charge < -0.3 is 5.32 Å². The molecule has 0 aliphatic carbocycles. The van der Waals surface area contributed by atoms with E-state index in [1.807, 2.05) is 6.07 Å².